The van der Waals surface area contributed by atoms with Crippen molar-refractivity contribution < 1.29 is 9.53 Å². The quantitative estimate of drug-likeness (QED) is 0.914. The topological polar surface area (TPSA) is 41.6 Å². The maximum Gasteiger partial charge on any atom is 0.231 e. The van der Waals surface area contributed by atoms with Gasteiger partial charge in [-0.25, -0.2) is 0 Å². The molecule has 0 radical (unpaired) electrons. The zero-order valence-corrected chi connectivity index (χ0v) is 12.0. The highest BCUT2D eigenvalue weighted by atomic mass is 16.5. The Balaban J connectivity index is 1.71. The summed E-state index contributed by atoms with van der Waals surface area (Å²) in [5, 5.41) is 3.33. The van der Waals surface area contributed by atoms with Gasteiger partial charge in [-0.1, -0.05) is 18.2 Å². The largest absolute Gasteiger partial charge is 0.384 e. The molecule has 1 N–H and O–H groups in total. The molecule has 2 unspecified atom stereocenters. The Morgan fingerprint density at radius 3 is 3.05 bits per heavy atom. The van der Waals surface area contributed by atoms with Crippen molar-refractivity contribution in [3.05, 3.63) is 29.8 Å². The molecule has 4 heteroatoms. The van der Waals surface area contributed by atoms with Gasteiger partial charge < -0.3 is 15.0 Å². The first kappa shape index (κ1) is 13.4. The van der Waals surface area contributed by atoms with E-state index >= 15 is 0 Å². The molecule has 2 heterocycles. The zero-order chi connectivity index (χ0) is 13.9. The second kappa shape index (κ2) is 5.83. The number of rotatable bonds is 4. The Morgan fingerprint density at radius 1 is 1.45 bits per heavy atom. The van der Waals surface area contributed by atoms with Gasteiger partial charge in [0.15, 0.2) is 0 Å². The molecule has 0 bridgehead atoms. The van der Waals surface area contributed by atoms with E-state index < -0.39 is 0 Å². The summed E-state index contributed by atoms with van der Waals surface area (Å²) in [6.45, 7) is 6.01. The van der Waals surface area contributed by atoms with Crippen LogP contribution in [0.5, 0.6) is 0 Å². The fraction of sp³-hybridized carbons (Fsp3) is 0.562. The normalized spacial score (nSPS) is 24.2. The van der Waals surface area contributed by atoms with Crippen molar-refractivity contribution in [2.24, 2.45) is 5.92 Å². The number of para-hydroxylation sites is 1. The number of carbonyl (C=O) groups excluding carboxylic acids is 1. The number of hydrogen-bond donors (Lipinski definition) is 1. The monoisotopic (exact) mass is 274 g/mol. The van der Waals surface area contributed by atoms with Crippen LogP contribution in [0.1, 0.15) is 24.8 Å². The molecule has 0 aliphatic carbocycles. The first-order chi connectivity index (χ1) is 9.79. The van der Waals surface area contributed by atoms with Crippen molar-refractivity contribution in [3.8, 4) is 0 Å². The molecule has 2 aliphatic heterocycles. The summed E-state index contributed by atoms with van der Waals surface area (Å²) in [5.41, 5.74) is 2.24. The van der Waals surface area contributed by atoms with Gasteiger partial charge in [-0.05, 0) is 25.0 Å². The lowest BCUT2D eigenvalue weighted by Crippen LogP contribution is -2.39. The molecule has 2 aliphatic rings. The highest BCUT2D eigenvalue weighted by Crippen LogP contribution is 2.32. The minimum Gasteiger partial charge on any atom is -0.384 e. The van der Waals surface area contributed by atoms with Crippen LogP contribution < -0.4 is 5.32 Å². The zero-order valence-electron chi connectivity index (χ0n) is 12.0. The van der Waals surface area contributed by atoms with Gasteiger partial charge in [-0.2, -0.15) is 0 Å². The van der Waals surface area contributed by atoms with Crippen LogP contribution in [0.2, 0.25) is 0 Å². The van der Waals surface area contributed by atoms with E-state index in [4.69, 9.17) is 4.74 Å². The molecule has 2 atom stereocenters. The van der Waals surface area contributed by atoms with Gasteiger partial charge >= 0.3 is 0 Å². The summed E-state index contributed by atoms with van der Waals surface area (Å²) in [4.78, 5) is 14.8. The number of fused-ring (bicyclic) bond motifs is 1. The number of nitrogens with one attached hydrogen (secondary N) is 1. The maximum absolute atomic E-state index is 12.8. The van der Waals surface area contributed by atoms with Crippen molar-refractivity contribution in [1.82, 2.24) is 4.90 Å². The predicted molar refractivity (Wildman–Crippen MR) is 78.9 cm³/mol. The third-order valence-electron chi connectivity index (χ3n) is 4.33. The average molecular weight is 274 g/mol. The van der Waals surface area contributed by atoms with E-state index in [0.29, 0.717) is 5.92 Å². The molecule has 0 aromatic heterocycles. The predicted octanol–water partition coefficient (Wildman–Crippen LogP) is 2.08. The highest BCUT2D eigenvalue weighted by molar-refractivity contribution is 5.88. The number of ether oxygens (including phenoxy) is 1. The Morgan fingerprint density at radius 2 is 2.30 bits per heavy atom. The molecule has 3 rings (SSSR count). The van der Waals surface area contributed by atoms with Crippen molar-refractivity contribution in [3.63, 3.8) is 0 Å². The lowest BCUT2D eigenvalue weighted by molar-refractivity contribution is -0.132. The van der Waals surface area contributed by atoms with E-state index in [9.17, 15) is 4.79 Å². The number of nitrogens with zero attached hydrogens (tertiary/aromatic N) is 1. The molecule has 1 saturated heterocycles. The van der Waals surface area contributed by atoms with E-state index in [1.807, 2.05) is 23.1 Å². The van der Waals surface area contributed by atoms with Gasteiger partial charge in [-0.15, -0.1) is 0 Å². The van der Waals surface area contributed by atoms with E-state index in [-0.39, 0.29) is 11.8 Å². The van der Waals surface area contributed by atoms with Gasteiger partial charge in [0.2, 0.25) is 5.91 Å². The highest BCUT2D eigenvalue weighted by Gasteiger charge is 2.32. The van der Waals surface area contributed by atoms with Crippen LogP contribution in [0.15, 0.2) is 24.3 Å². The SMILES string of the molecule is CCN(CC1CCOC1)C(=O)C1CNc2ccccc21. The number of hydrogen-bond acceptors (Lipinski definition) is 3. The Labute approximate surface area is 120 Å². The van der Waals surface area contributed by atoms with Gasteiger partial charge in [0.05, 0.1) is 12.5 Å². The van der Waals surface area contributed by atoms with Crippen molar-refractivity contribution in [1.29, 1.82) is 0 Å². The molecule has 20 heavy (non-hydrogen) atoms. The van der Waals surface area contributed by atoms with E-state index in [1.165, 1.54) is 0 Å². The summed E-state index contributed by atoms with van der Waals surface area (Å²) in [6.07, 6.45) is 1.07. The standard InChI is InChI=1S/C16H22N2O2/c1-2-18(10-12-7-8-20-11-12)16(19)14-9-17-15-6-4-3-5-13(14)15/h3-6,12,14,17H,2,7-11H2,1H3. The summed E-state index contributed by atoms with van der Waals surface area (Å²) in [7, 11) is 0. The second-order valence-electron chi connectivity index (χ2n) is 5.63. The van der Waals surface area contributed by atoms with Crippen LogP contribution in [0, 0.1) is 5.92 Å². The Bertz CT molecular complexity index is 483. The Hall–Kier alpha value is -1.55. The number of carbonyl (C=O) groups is 1. The summed E-state index contributed by atoms with van der Waals surface area (Å²) in [6, 6.07) is 8.12. The number of anilines is 1. The van der Waals surface area contributed by atoms with Crippen LogP contribution in [-0.4, -0.2) is 43.7 Å². The van der Waals surface area contributed by atoms with Crippen molar-refractivity contribution in [2.45, 2.75) is 19.3 Å². The van der Waals surface area contributed by atoms with E-state index in [2.05, 4.69) is 18.3 Å². The Kier molecular flexibility index (Phi) is 3.92. The van der Waals surface area contributed by atoms with Crippen molar-refractivity contribution >= 4 is 11.6 Å². The number of likely N-dealkylation sites (N-methyl/N-ethyl adjacent to an activating group) is 1. The second-order valence-corrected chi connectivity index (χ2v) is 5.63. The molecular formula is C16H22N2O2. The first-order valence-corrected chi connectivity index (χ1v) is 7.49. The van der Waals surface area contributed by atoms with Crippen molar-refractivity contribution in [2.75, 3.05) is 38.2 Å². The van der Waals surface area contributed by atoms with Crippen LogP contribution in [0.25, 0.3) is 0 Å². The minimum atomic E-state index is -0.0338. The molecule has 1 amide bonds. The third kappa shape index (κ3) is 2.52. The molecule has 0 saturated carbocycles. The first-order valence-electron chi connectivity index (χ1n) is 7.49. The smallest absolute Gasteiger partial charge is 0.231 e. The summed E-state index contributed by atoms with van der Waals surface area (Å²) in [5.74, 6) is 0.717. The molecular weight excluding hydrogens is 252 g/mol. The van der Waals surface area contributed by atoms with E-state index in [1.54, 1.807) is 0 Å². The fourth-order valence-electron chi connectivity index (χ4n) is 3.14. The number of amides is 1. The molecule has 1 fully saturated rings. The molecule has 1 aromatic carbocycles. The molecule has 108 valence electrons. The summed E-state index contributed by atoms with van der Waals surface area (Å²) >= 11 is 0. The average Bonchev–Trinajstić information content (AvgIpc) is 3.13. The van der Waals surface area contributed by atoms with Crippen LogP contribution in [0.3, 0.4) is 0 Å². The lowest BCUT2D eigenvalue weighted by Gasteiger charge is -2.26. The van der Waals surface area contributed by atoms with E-state index in [0.717, 1.165) is 50.5 Å². The van der Waals surface area contributed by atoms with Crippen LogP contribution in [-0.2, 0) is 9.53 Å². The minimum absolute atomic E-state index is 0.0338. The molecule has 0 spiro atoms. The van der Waals surface area contributed by atoms with Gasteiger partial charge in [0, 0.05) is 37.8 Å². The third-order valence-corrected chi connectivity index (χ3v) is 4.33. The summed E-state index contributed by atoms with van der Waals surface area (Å²) < 4.78 is 5.41. The molecule has 4 nitrogen and oxygen atoms in total. The lowest BCUT2D eigenvalue weighted by atomic mass is 9.99. The van der Waals surface area contributed by atoms with Crippen LogP contribution >= 0.6 is 0 Å². The molecule has 1 aromatic rings. The van der Waals surface area contributed by atoms with Crippen LogP contribution in [0.4, 0.5) is 5.69 Å². The van der Waals surface area contributed by atoms with Gasteiger partial charge in [-0.3, -0.25) is 4.79 Å². The van der Waals surface area contributed by atoms with Gasteiger partial charge in [0.25, 0.3) is 0 Å². The number of benzene rings is 1. The van der Waals surface area contributed by atoms with Gasteiger partial charge in [0.1, 0.15) is 0 Å². The fourth-order valence-corrected chi connectivity index (χ4v) is 3.14. The maximum atomic E-state index is 12.8.